The van der Waals surface area contributed by atoms with Crippen molar-refractivity contribution >= 4 is 11.6 Å². The molecule has 4 heteroatoms. The molecule has 0 radical (unpaired) electrons. The molecule has 0 fully saturated rings. The van der Waals surface area contributed by atoms with E-state index in [1.807, 2.05) is 13.8 Å². The molecule has 1 unspecified atom stereocenters. The summed E-state index contributed by atoms with van der Waals surface area (Å²) in [4.78, 5) is 13.4. The van der Waals surface area contributed by atoms with Crippen LogP contribution in [0.4, 0.5) is 10.1 Å². The van der Waals surface area contributed by atoms with Crippen molar-refractivity contribution in [1.82, 2.24) is 0 Å². The average Bonchev–Trinajstić information content (AvgIpc) is 2.16. The number of aliphatic hydroxyl groups is 1. The topological polar surface area (TPSA) is 40.5 Å². The van der Waals surface area contributed by atoms with E-state index >= 15 is 0 Å². The minimum Gasteiger partial charge on any atom is -0.385 e. The molecule has 0 spiro atoms. The Balaban J connectivity index is 2.70. The van der Waals surface area contributed by atoms with E-state index in [2.05, 4.69) is 0 Å². The van der Waals surface area contributed by atoms with E-state index in [4.69, 9.17) is 0 Å². The van der Waals surface area contributed by atoms with Gasteiger partial charge in [0.1, 0.15) is 5.82 Å². The lowest BCUT2D eigenvalue weighted by Crippen LogP contribution is -2.55. The number of halogens is 1. The molecule has 0 saturated heterocycles. The highest BCUT2D eigenvalue weighted by atomic mass is 19.1. The van der Waals surface area contributed by atoms with Crippen LogP contribution in [0.2, 0.25) is 0 Å². The number of nitrogens with zero attached hydrogens (tertiary/aromatic N) is 1. The second-order valence-corrected chi connectivity index (χ2v) is 5.78. The highest BCUT2D eigenvalue weighted by Gasteiger charge is 2.45. The highest BCUT2D eigenvalue weighted by molar-refractivity contribution is 5.94. The van der Waals surface area contributed by atoms with E-state index in [0.717, 1.165) is 0 Å². The average molecular weight is 251 g/mol. The third-order valence-corrected chi connectivity index (χ3v) is 3.48. The summed E-state index contributed by atoms with van der Waals surface area (Å²) < 4.78 is 13.3. The zero-order valence-electron chi connectivity index (χ0n) is 11.1. The predicted molar refractivity (Wildman–Crippen MR) is 67.8 cm³/mol. The molecule has 1 aromatic rings. The number of fused-ring (bicyclic) bond motifs is 1. The summed E-state index contributed by atoms with van der Waals surface area (Å²) in [5.74, 6) is -0.513. The number of hydrogen-bond donors (Lipinski definition) is 1. The summed E-state index contributed by atoms with van der Waals surface area (Å²) >= 11 is 0. The molecule has 0 aromatic heterocycles. The van der Waals surface area contributed by atoms with Gasteiger partial charge < -0.3 is 10.0 Å². The number of carbonyl (C=O) groups is 1. The predicted octanol–water partition coefficient (Wildman–Crippen LogP) is 2.57. The number of hydrogen-bond acceptors (Lipinski definition) is 2. The van der Waals surface area contributed by atoms with Crippen molar-refractivity contribution < 1.29 is 14.3 Å². The van der Waals surface area contributed by atoms with Gasteiger partial charge >= 0.3 is 0 Å². The van der Waals surface area contributed by atoms with Gasteiger partial charge in [0, 0.05) is 24.4 Å². The molecule has 2 rings (SSSR count). The van der Waals surface area contributed by atoms with E-state index in [1.54, 1.807) is 17.9 Å². The van der Waals surface area contributed by atoms with E-state index in [1.165, 1.54) is 19.1 Å². The van der Waals surface area contributed by atoms with Crippen molar-refractivity contribution in [1.29, 1.82) is 0 Å². The van der Waals surface area contributed by atoms with Gasteiger partial charge in [-0.3, -0.25) is 4.79 Å². The summed E-state index contributed by atoms with van der Waals surface area (Å²) in [5.41, 5.74) is -0.574. The number of benzene rings is 1. The van der Waals surface area contributed by atoms with Crippen LogP contribution in [-0.2, 0) is 10.4 Å². The second-order valence-electron chi connectivity index (χ2n) is 5.78. The van der Waals surface area contributed by atoms with Crippen molar-refractivity contribution in [2.24, 2.45) is 0 Å². The molecule has 0 bridgehead atoms. The highest BCUT2D eigenvalue weighted by Crippen LogP contribution is 2.45. The fourth-order valence-electron chi connectivity index (χ4n) is 3.07. The lowest BCUT2D eigenvalue weighted by Gasteiger charge is -2.48. The first-order valence-corrected chi connectivity index (χ1v) is 5.98. The number of carbonyl (C=O) groups excluding carboxylic acids is 1. The molecular weight excluding hydrogens is 233 g/mol. The van der Waals surface area contributed by atoms with Crippen LogP contribution in [0.15, 0.2) is 18.2 Å². The van der Waals surface area contributed by atoms with Gasteiger partial charge in [-0.1, -0.05) is 0 Å². The van der Waals surface area contributed by atoms with Crippen LogP contribution in [0.5, 0.6) is 0 Å². The molecule has 98 valence electrons. The van der Waals surface area contributed by atoms with Crippen LogP contribution in [-0.4, -0.2) is 16.6 Å². The van der Waals surface area contributed by atoms with Crippen molar-refractivity contribution in [3.63, 3.8) is 0 Å². The Morgan fingerprint density at radius 2 is 2.00 bits per heavy atom. The molecule has 3 nitrogen and oxygen atoms in total. The van der Waals surface area contributed by atoms with Gasteiger partial charge in [0.2, 0.25) is 5.91 Å². The maximum atomic E-state index is 13.3. The quantitative estimate of drug-likeness (QED) is 0.770. The fourth-order valence-corrected chi connectivity index (χ4v) is 3.07. The van der Waals surface area contributed by atoms with E-state index in [9.17, 15) is 14.3 Å². The van der Waals surface area contributed by atoms with Crippen molar-refractivity contribution in [3.8, 4) is 0 Å². The van der Waals surface area contributed by atoms with E-state index in [-0.39, 0.29) is 5.91 Å². The molecule has 1 aliphatic heterocycles. The van der Waals surface area contributed by atoms with Gasteiger partial charge in [0.15, 0.2) is 0 Å². The summed E-state index contributed by atoms with van der Waals surface area (Å²) in [5, 5.41) is 10.5. The lowest BCUT2D eigenvalue weighted by molar-refractivity contribution is -0.118. The Labute approximate surface area is 106 Å². The summed E-state index contributed by atoms with van der Waals surface area (Å²) in [6.07, 6.45) is 0.371. The smallest absolute Gasteiger partial charge is 0.224 e. The zero-order chi connectivity index (χ0) is 13.7. The molecule has 18 heavy (non-hydrogen) atoms. The van der Waals surface area contributed by atoms with Gasteiger partial charge in [-0.2, -0.15) is 0 Å². The van der Waals surface area contributed by atoms with Crippen LogP contribution in [0.1, 0.15) is 39.7 Å². The third-order valence-electron chi connectivity index (χ3n) is 3.48. The van der Waals surface area contributed by atoms with E-state index < -0.39 is 17.0 Å². The van der Waals surface area contributed by atoms with Crippen LogP contribution in [0.25, 0.3) is 0 Å². The molecule has 1 heterocycles. The number of rotatable bonds is 0. The zero-order valence-corrected chi connectivity index (χ0v) is 11.1. The molecule has 0 saturated carbocycles. The first-order valence-electron chi connectivity index (χ1n) is 5.98. The Hall–Kier alpha value is -1.42. The molecular formula is C14H18FNO2. The second kappa shape index (κ2) is 3.79. The van der Waals surface area contributed by atoms with Crippen molar-refractivity contribution in [2.75, 3.05) is 4.90 Å². The molecule has 0 aliphatic carbocycles. The molecule has 1 atom stereocenters. The molecule has 1 aromatic carbocycles. The molecule has 1 amide bonds. The molecule has 1 aliphatic rings. The summed E-state index contributed by atoms with van der Waals surface area (Å²) in [6.45, 7) is 6.93. The maximum absolute atomic E-state index is 13.3. The third kappa shape index (κ3) is 1.90. The van der Waals surface area contributed by atoms with Gasteiger partial charge in [-0.05, 0) is 39.0 Å². The number of anilines is 1. The number of amides is 1. The van der Waals surface area contributed by atoms with Crippen LogP contribution < -0.4 is 4.90 Å². The summed E-state index contributed by atoms with van der Waals surface area (Å²) in [7, 11) is 0. The van der Waals surface area contributed by atoms with Crippen LogP contribution in [0.3, 0.4) is 0 Å². The van der Waals surface area contributed by atoms with Gasteiger partial charge in [0.05, 0.1) is 11.3 Å². The van der Waals surface area contributed by atoms with Crippen LogP contribution in [0, 0.1) is 5.82 Å². The lowest BCUT2D eigenvalue weighted by atomic mass is 9.77. The molecule has 1 N–H and O–H groups in total. The first kappa shape index (κ1) is 13.0. The van der Waals surface area contributed by atoms with Gasteiger partial charge in [-0.15, -0.1) is 0 Å². The minimum atomic E-state index is -1.13. The largest absolute Gasteiger partial charge is 0.385 e. The fraction of sp³-hybridized carbons (Fsp3) is 0.500. The van der Waals surface area contributed by atoms with Crippen molar-refractivity contribution in [3.05, 3.63) is 29.6 Å². The summed E-state index contributed by atoms with van der Waals surface area (Å²) in [6, 6.07) is 4.17. The van der Waals surface area contributed by atoms with Gasteiger partial charge in [0.25, 0.3) is 0 Å². The SMILES string of the molecule is CC(=O)N1c2ccc(F)cc2C(C)(O)CC1(C)C. The normalized spacial score (nSPS) is 25.8. The standard InChI is InChI=1S/C14H18FNO2/c1-9(17)16-12-6-5-10(15)7-11(12)14(4,18)8-13(16,2)3/h5-7,18H,8H2,1-4H3. The monoisotopic (exact) mass is 251 g/mol. The van der Waals surface area contributed by atoms with E-state index in [0.29, 0.717) is 17.7 Å². The minimum absolute atomic E-state index is 0.108. The first-order chi connectivity index (χ1) is 8.15. The Morgan fingerprint density at radius 3 is 2.56 bits per heavy atom. The Kier molecular flexibility index (Phi) is 2.74. The van der Waals surface area contributed by atoms with Crippen LogP contribution >= 0.6 is 0 Å². The van der Waals surface area contributed by atoms with Gasteiger partial charge in [-0.25, -0.2) is 4.39 Å². The van der Waals surface area contributed by atoms with Crippen molar-refractivity contribution in [2.45, 2.75) is 45.3 Å². The maximum Gasteiger partial charge on any atom is 0.224 e. The Morgan fingerprint density at radius 1 is 1.39 bits per heavy atom. The Bertz CT molecular complexity index is 509.